The van der Waals surface area contributed by atoms with E-state index < -0.39 is 0 Å². The number of nitrogens with zero attached hydrogens (tertiary/aromatic N) is 4. The first-order valence-corrected chi connectivity index (χ1v) is 8.42. The van der Waals surface area contributed by atoms with E-state index in [0.717, 1.165) is 38.4 Å². The summed E-state index contributed by atoms with van der Waals surface area (Å²) < 4.78 is 0. The van der Waals surface area contributed by atoms with Crippen LogP contribution in [0.15, 0.2) is 36.4 Å². The van der Waals surface area contributed by atoms with Crippen molar-refractivity contribution in [3.05, 3.63) is 47.1 Å². The molecule has 1 aromatic heterocycles. The van der Waals surface area contributed by atoms with Crippen molar-refractivity contribution in [1.82, 2.24) is 20.0 Å². The maximum atomic E-state index is 12.5. The number of benzene rings is 1. The number of likely N-dealkylation sites (N-methyl/N-ethyl adjacent to an activating group) is 1. The third kappa shape index (κ3) is 3.83. The molecule has 0 saturated carbocycles. The highest BCUT2D eigenvalue weighted by molar-refractivity contribution is 6.33. The molecule has 0 aliphatic carbocycles. The zero-order chi connectivity index (χ0) is 16.9. The molecule has 1 aliphatic heterocycles. The second-order valence-electron chi connectivity index (χ2n) is 5.64. The molecule has 1 amide bonds. The van der Waals surface area contributed by atoms with Gasteiger partial charge in [0.2, 0.25) is 0 Å². The van der Waals surface area contributed by atoms with Crippen molar-refractivity contribution in [2.24, 2.45) is 0 Å². The molecule has 3 rings (SSSR count). The van der Waals surface area contributed by atoms with Crippen LogP contribution < -0.4 is 5.32 Å². The molecule has 0 radical (unpaired) electrons. The van der Waals surface area contributed by atoms with Gasteiger partial charge in [0.15, 0.2) is 11.5 Å². The van der Waals surface area contributed by atoms with Crippen molar-refractivity contribution in [1.29, 1.82) is 0 Å². The predicted octanol–water partition coefficient (Wildman–Crippen LogP) is 2.65. The molecule has 1 aromatic carbocycles. The first-order chi connectivity index (χ1) is 11.7. The Morgan fingerprint density at radius 3 is 2.50 bits per heavy atom. The summed E-state index contributed by atoms with van der Waals surface area (Å²) in [6, 6.07) is 10.8. The third-order valence-corrected chi connectivity index (χ3v) is 4.46. The van der Waals surface area contributed by atoms with Gasteiger partial charge in [-0.25, -0.2) is 0 Å². The van der Waals surface area contributed by atoms with Crippen molar-refractivity contribution in [3.8, 4) is 0 Å². The maximum Gasteiger partial charge on any atom is 0.274 e. The molecule has 126 valence electrons. The molecule has 6 nitrogen and oxygen atoms in total. The van der Waals surface area contributed by atoms with E-state index in [0.29, 0.717) is 16.5 Å². The van der Waals surface area contributed by atoms with Crippen LogP contribution >= 0.6 is 11.6 Å². The standard InChI is InChI=1S/C17H20ClN5O/c1-2-22-9-11-23(12-10-22)17(24)15-7-8-16(21-20-15)19-14-6-4-3-5-13(14)18/h3-8H,2,9-12H2,1H3,(H,19,21). The van der Waals surface area contributed by atoms with E-state index in [1.165, 1.54) is 0 Å². The summed E-state index contributed by atoms with van der Waals surface area (Å²) in [5.74, 6) is 0.484. The molecule has 1 saturated heterocycles. The number of carbonyl (C=O) groups excluding carboxylic acids is 1. The van der Waals surface area contributed by atoms with Gasteiger partial charge in [0.25, 0.3) is 5.91 Å². The zero-order valence-corrected chi connectivity index (χ0v) is 14.3. The van der Waals surface area contributed by atoms with Crippen LogP contribution in [0, 0.1) is 0 Å². The molecular weight excluding hydrogens is 326 g/mol. The van der Waals surface area contributed by atoms with Gasteiger partial charge >= 0.3 is 0 Å². The van der Waals surface area contributed by atoms with Crippen LogP contribution in [0.5, 0.6) is 0 Å². The summed E-state index contributed by atoms with van der Waals surface area (Å²) in [6.07, 6.45) is 0. The number of aromatic nitrogens is 2. The molecule has 1 aliphatic rings. The number of carbonyl (C=O) groups is 1. The number of hydrogen-bond acceptors (Lipinski definition) is 5. The third-order valence-electron chi connectivity index (χ3n) is 4.13. The van der Waals surface area contributed by atoms with Crippen LogP contribution in [-0.2, 0) is 0 Å². The van der Waals surface area contributed by atoms with Gasteiger partial charge in [0.1, 0.15) is 0 Å². The Labute approximate surface area is 146 Å². The summed E-state index contributed by atoms with van der Waals surface area (Å²) in [6.45, 7) is 6.42. The van der Waals surface area contributed by atoms with E-state index in [-0.39, 0.29) is 5.91 Å². The Hall–Kier alpha value is -2.18. The minimum absolute atomic E-state index is 0.0671. The van der Waals surface area contributed by atoms with Crippen molar-refractivity contribution in [3.63, 3.8) is 0 Å². The number of halogens is 1. The number of para-hydroxylation sites is 1. The van der Waals surface area contributed by atoms with E-state index in [2.05, 4.69) is 27.3 Å². The van der Waals surface area contributed by atoms with Gasteiger partial charge in [0, 0.05) is 26.2 Å². The molecule has 0 unspecified atom stereocenters. The molecule has 24 heavy (non-hydrogen) atoms. The van der Waals surface area contributed by atoms with E-state index in [4.69, 9.17) is 11.6 Å². The molecule has 2 heterocycles. The van der Waals surface area contributed by atoms with Crippen LogP contribution in [0.4, 0.5) is 11.5 Å². The summed E-state index contributed by atoms with van der Waals surface area (Å²) in [4.78, 5) is 16.6. The fourth-order valence-electron chi connectivity index (χ4n) is 2.64. The summed E-state index contributed by atoms with van der Waals surface area (Å²) in [7, 11) is 0. The summed E-state index contributed by atoms with van der Waals surface area (Å²) in [5.41, 5.74) is 1.12. The minimum atomic E-state index is -0.0671. The van der Waals surface area contributed by atoms with Crippen LogP contribution in [0.3, 0.4) is 0 Å². The van der Waals surface area contributed by atoms with Crippen molar-refractivity contribution in [2.75, 3.05) is 38.0 Å². The Morgan fingerprint density at radius 2 is 1.88 bits per heavy atom. The molecular formula is C17H20ClN5O. The van der Waals surface area contributed by atoms with E-state index in [9.17, 15) is 4.79 Å². The number of hydrogen-bond donors (Lipinski definition) is 1. The molecule has 1 fully saturated rings. The topological polar surface area (TPSA) is 61.4 Å². The average Bonchev–Trinajstić information content (AvgIpc) is 2.64. The van der Waals surface area contributed by atoms with Crippen LogP contribution in [0.2, 0.25) is 5.02 Å². The number of nitrogens with one attached hydrogen (secondary N) is 1. The Balaban J connectivity index is 1.64. The average molecular weight is 346 g/mol. The molecule has 0 atom stereocenters. The lowest BCUT2D eigenvalue weighted by atomic mass is 10.2. The Bertz CT molecular complexity index is 698. The monoisotopic (exact) mass is 345 g/mol. The SMILES string of the molecule is CCN1CCN(C(=O)c2ccc(Nc3ccccc3Cl)nn2)CC1. The number of amides is 1. The van der Waals surface area contributed by atoms with Gasteiger partial charge < -0.3 is 15.1 Å². The Morgan fingerprint density at radius 1 is 1.12 bits per heavy atom. The zero-order valence-electron chi connectivity index (χ0n) is 13.6. The molecule has 2 aromatic rings. The lowest BCUT2D eigenvalue weighted by molar-refractivity contribution is 0.0636. The van der Waals surface area contributed by atoms with Gasteiger partial charge in [-0.1, -0.05) is 30.7 Å². The normalized spacial score (nSPS) is 15.3. The Kier molecular flexibility index (Phi) is 5.27. The smallest absolute Gasteiger partial charge is 0.274 e. The van der Waals surface area contributed by atoms with Gasteiger partial charge in [-0.3, -0.25) is 4.79 Å². The van der Waals surface area contributed by atoms with Gasteiger partial charge in [0.05, 0.1) is 10.7 Å². The first-order valence-electron chi connectivity index (χ1n) is 8.04. The number of anilines is 2. The lowest BCUT2D eigenvalue weighted by Gasteiger charge is -2.33. The highest BCUT2D eigenvalue weighted by atomic mass is 35.5. The molecule has 7 heteroatoms. The second-order valence-corrected chi connectivity index (χ2v) is 6.04. The molecule has 0 spiro atoms. The van der Waals surface area contributed by atoms with Crippen molar-refractivity contribution in [2.45, 2.75) is 6.92 Å². The van der Waals surface area contributed by atoms with Crippen LogP contribution in [0.1, 0.15) is 17.4 Å². The first kappa shape index (κ1) is 16.7. The second kappa shape index (κ2) is 7.59. The van der Waals surface area contributed by atoms with Crippen LogP contribution in [-0.4, -0.2) is 58.6 Å². The van der Waals surface area contributed by atoms with Gasteiger partial charge in [-0.15, -0.1) is 10.2 Å². The predicted molar refractivity (Wildman–Crippen MR) is 94.8 cm³/mol. The fraction of sp³-hybridized carbons (Fsp3) is 0.353. The fourth-order valence-corrected chi connectivity index (χ4v) is 2.83. The van der Waals surface area contributed by atoms with E-state index >= 15 is 0 Å². The van der Waals surface area contributed by atoms with E-state index in [1.807, 2.05) is 23.1 Å². The van der Waals surface area contributed by atoms with Crippen molar-refractivity contribution >= 4 is 29.0 Å². The summed E-state index contributed by atoms with van der Waals surface area (Å²) >= 11 is 6.11. The lowest BCUT2D eigenvalue weighted by Crippen LogP contribution is -2.48. The highest BCUT2D eigenvalue weighted by Gasteiger charge is 2.22. The van der Waals surface area contributed by atoms with Gasteiger partial charge in [-0.2, -0.15) is 0 Å². The largest absolute Gasteiger partial charge is 0.338 e. The minimum Gasteiger partial charge on any atom is -0.338 e. The van der Waals surface area contributed by atoms with Crippen molar-refractivity contribution < 1.29 is 4.79 Å². The van der Waals surface area contributed by atoms with Crippen LogP contribution in [0.25, 0.3) is 0 Å². The summed E-state index contributed by atoms with van der Waals surface area (Å²) in [5, 5.41) is 11.8. The molecule has 0 bridgehead atoms. The maximum absolute atomic E-state index is 12.5. The molecule has 1 N–H and O–H groups in total. The quantitative estimate of drug-likeness (QED) is 0.923. The highest BCUT2D eigenvalue weighted by Crippen LogP contribution is 2.23. The van der Waals surface area contributed by atoms with Gasteiger partial charge in [-0.05, 0) is 30.8 Å². The number of piperazine rings is 1. The van der Waals surface area contributed by atoms with E-state index in [1.54, 1.807) is 18.2 Å². The number of rotatable bonds is 4.